The van der Waals surface area contributed by atoms with Gasteiger partial charge in [0.25, 0.3) is 12.3 Å². The van der Waals surface area contributed by atoms with E-state index in [1.54, 1.807) is 13.0 Å². The number of quaternary nitrogens is 1. The Morgan fingerprint density at radius 1 is 1.25 bits per heavy atom. The van der Waals surface area contributed by atoms with E-state index in [1.165, 1.54) is 43.5 Å². The summed E-state index contributed by atoms with van der Waals surface area (Å²) >= 11 is 0. The molecular formula is C31H33F3N5O5+. The number of aromatic nitrogens is 1. The highest BCUT2D eigenvalue weighted by Gasteiger charge is 2.50. The van der Waals surface area contributed by atoms with Gasteiger partial charge in [0.15, 0.2) is 11.4 Å². The summed E-state index contributed by atoms with van der Waals surface area (Å²) in [6.45, 7) is 1.30. The van der Waals surface area contributed by atoms with E-state index in [-0.39, 0.29) is 53.0 Å². The molecule has 1 aromatic heterocycles. The van der Waals surface area contributed by atoms with Crippen LogP contribution in [0.4, 0.5) is 18.9 Å². The van der Waals surface area contributed by atoms with E-state index in [9.17, 15) is 27.9 Å². The molecule has 44 heavy (non-hydrogen) atoms. The van der Waals surface area contributed by atoms with Gasteiger partial charge >= 0.3 is 0 Å². The number of alkyl halides is 2. The highest BCUT2D eigenvalue weighted by Crippen LogP contribution is 2.50. The zero-order valence-corrected chi connectivity index (χ0v) is 24.1. The molecule has 9 N–H and O–H groups in total. The predicted molar refractivity (Wildman–Crippen MR) is 154 cm³/mol. The Morgan fingerprint density at radius 2 is 1.93 bits per heavy atom. The number of fused-ring (bicyclic) bond motifs is 1. The molecule has 0 saturated heterocycles. The van der Waals surface area contributed by atoms with Gasteiger partial charge in [0.1, 0.15) is 34.9 Å². The summed E-state index contributed by atoms with van der Waals surface area (Å²) in [6.07, 6.45) is -0.595. The van der Waals surface area contributed by atoms with Crippen LogP contribution in [-0.2, 0) is 15.8 Å². The summed E-state index contributed by atoms with van der Waals surface area (Å²) in [5.41, 5.74) is 13.3. The second-order valence-corrected chi connectivity index (χ2v) is 11.3. The molecule has 0 radical (unpaired) electrons. The van der Waals surface area contributed by atoms with Crippen molar-refractivity contribution < 1.29 is 43.1 Å². The van der Waals surface area contributed by atoms with Gasteiger partial charge in [-0.15, -0.1) is 0 Å². The average molecular weight is 613 g/mol. The Kier molecular flexibility index (Phi) is 8.03. The normalized spacial score (nSPS) is 19.2. The molecule has 1 fully saturated rings. The van der Waals surface area contributed by atoms with Gasteiger partial charge in [-0.2, -0.15) is 0 Å². The number of benzene rings is 2. The van der Waals surface area contributed by atoms with Crippen molar-refractivity contribution in [1.82, 2.24) is 10.3 Å². The lowest BCUT2D eigenvalue weighted by Gasteiger charge is -2.30. The SMILES string of the molecule is COc1cc(C(=O)NC[C@](O)(c2cc3c(c(-c4ccc(F)cc4)n2)OC[C@]3(C)C(N)=O)C2CC2)cc(/C=C(\N)C(F)F)c1[NH3+]. The van der Waals surface area contributed by atoms with Crippen LogP contribution >= 0.6 is 0 Å². The van der Waals surface area contributed by atoms with Gasteiger partial charge < -0.3 is 37.1 Å². The first-order valence-corrected chi connectivity index (χ1v) is 13.8. The number of amides is 2. The number of rotatable bonds is 10. The Morgan fingerprint density at radius 3 is 2.52 bits per heavy atom. The Balaban J connectivity index is 1.54. The summed E-state index contributed by atoms with van der Waals surface area (Å²) in [5.74, 6) is -1.52. The van der Waals surface area contributed by atoms with Crippen LogP contribution in [0.1, 0.15) is 46.9 Å². The van der Waals surface area contributed by atoms with Crippen LogP contribution in [0.15, 0.2) is 48.2 Å². The molecule has 2 aliphatic rings. The number of nitrogens with one attached hydrogen (secondary N) is 1. The molecule has 2 amide bonds. The van der Waals surface area contributed by atoms with Crippen LogP contribution in [-0.4, -0.2) is 48.6 Å². The molecule has 0 unspecified atom stereocenters. The van der Waals surface area contributed by atoms with Gasteiger partial charge in [-0.25, -0.2) is 18.2 Å². The van der Waals surface area contributed by atoms with Crippen LogP contribution in [0, 0.1) is 11.7 Å². The van der Waals surface area contributed by atoms with Crippen molar-refractivity contribution in [3.8, 4) is 22.8 Å². The number of carbonyl (C=O) groups is 2. The molecule has 2 aromatic carbocycles. The van der Waals surface area contributed by atoms with E-state index in [0.29, 0.717) is 29.7 Å². The molecular weight excluding hydrogens is 579 g/mol. The molecule has 2 heterocycles. The van der Waals surface area contributed by atoms with Crippen molar-refractivity contribution in [3.63, 3.8) is 0 Å². The molecule has 1 aliphatic carbocycles. The number of hydrogen-bond acceptors (Lipinski definition) is 7. The summed E-state index contributed by atoms with van der Waals surface area (Å²) < 4.78 is 51.1. The fraction of sp³-hybridized carbons (Fsp3) is 0.323. The van der Waals surface area contributed by atoms with Crippen molar-refractivity contribution in [1.29, 1.82) is 0 Å². The second-order valence-electron chi connectivity index (χ2n) is 11.3. The molecule has 1 aliphatic heterocycles. The number of halogens is 3. The van der Waals surface area contributed by atoms with Crippen LogP contribution in [0.5, 0.6) is 11.5 Å². The molecule has 3 aromatic rings. The Hall–Kier alpha value is -4.62. The fourth-order valence-corrected chi connectivity index (χ4v) is 5.29. The lowest BCUT2D eigenvalue weighted by atomic mass is 9.81. The van der Waals surface area contributed by atoms with Crippen LogP contribution in [0.2, 0.25) is 0 Å². The third-order valence-corrected chi connectivity index (χ3v) is 8.25. The maximum atomic E-state index is 13.7. The topological polar surface area (TPSA) is 177 Å². The van der Waals surface area contributed by atoms with Crippen LogP contribution in [0.3, 0.4) is 0 Å². The molecule has 2 atom stereocenters. The standard InChI is InChI=1S/C31H32F3N5O5/c1-30(29(37)41)14-44-26-20(30)12-23(39-25(26)15-3-7-19(32)8-4-15)31(42,18-5-6-18)13-38-28(40)17-9-16(10-21(35)27(33)34)24(36)22(11-17)43-2/h3-4,7-12,18,27,42H,5-6,13-14,35-36H2,1-2H3,(H2,37,41)(H,38,40)/p+1/b21-10-/t30-,31+/m0/s1. The molecule has 0 spiro atoms. The van der Waals surface area contributed by atoms with Crippen molar-refractivity contribution in [2.75, 3.05) is 20.3 Å². The van der Waals surface area contributed by atoms with E-state index in [1.807, 2.05) is 0 Å². The fourth-order valence-electron chi connectivity index (χ4n) is 5.29. The first-order chi connectivity index (χ1) is 20.8. The van der Waals surface area contributed by atoms with E-state index >= 15 is 0 Å². The predicted octanol–water partition coefficient (Wildman–Crippen LogP) is 2.50. The number of hydrogen-bond donors (Lipinski definition) is 5. The lowest BCUT2D eigenvalue weighted by Crippen LogP contribution is -2.44. The minimum Gasteiger partial charge on any atom is -0.491 e. The summed E-state index contributed by atoms with van der Waals surface area (Å²) in [6, 6.07) is 9.86. The van der Waals surface area contributed by atoms with Gasteiger partial charge in [0.2, 0.25) is 5.91 Å². The van der Waals surface area contributed by atoms with Gasteiger partial charge in [0.05, 0.1) is 25.0 Å². The first-order valence-electron chi connectivity index (χ1n) is 13.8. The summed E-state index contributed by atoms with van der Waals surface area (Å²) in [7, 11) is 1.35. The van der Waals surface area contributed by atoms with Crippen molar-refractivity contribution >= 4 is 23.6 Å². The van der Waals surface area contributed by atoms with Gasteiger partial charge in [-0.05, 0) is 74.2 Å². The molecule has 13 heteroatoms. The maximum Gasteiger partial charge on any atom is 0.277 e. The number of aliphatic hydroxyl groups is 1. The number of ether oxygens (including phenoxy) is 2. The number of carbonyl (C=O) groups excluding carboxylic acids is 2. The van der Waals surface area contributed by atoms with Crippen molar-refractivity contribution in [3.05, 3.63) is 76.4 Å². The third-order valence-electron chi connectivity index (χ3n) is 8.25. The van der Waals surface area contributed by atoms with E-state index in [4.69, 9.17) is 25.9 Å². The van der Waals surface area contributed by atoms with E-state index in [0.717, 1.165) is 6.08 Å². The minimum atomic E-state index is -2.91. The maximum absolute atomic E-state index is 13.7. The molecule has 232 valence electrons. The number of nitrogens with zero attached hydrogens (tertiary/aromatic N) is 1. The average Bonchev–Trinajstić information content (AvgIpc) is 3.80. The summed E-state index contributed by atoms with van der Waals surface area (Å²) in [4.78, 5) is 30.7. The number of primary amides is 1. The highest BCUT2D eigenvalue weighted by molar-refractivity contribution is 5.96. The monoisotopic (exact) mass is 612 g/mol. The smallest absolute Gasteiger partial charge is 0.277 e. The molecule has 1 saturated carbocycles. The summed E-state index contributed by atoms with van der Waals surface area (Å²) in [5, 5.41) is 14.8. The number of nitrogens with two attached hydrogens (primary N) is 2. The number of pyridine rings is 1. The lowest BCUT2D eigenvalue weighted by molar-refractivity contribution is -0.256. The van der Waals surface area contributed by atoms with E-state index in [2.05, 4.69) is 11.1 Å². The quantitative estimate of drug-likeness (QED) is 0.234. The third kappa shape index (κ3) is 5.55. The van der Waals surface area contributed by atoms with Gasteiger partial charge in [-0.3, -0.25) is 9.59 Å². The van der Waals surface area contributed by atoms with E-state index < -0.39 is 40.8 Å². The van der Waals surface area contributed by atoms with Crippen LogP contribution < -0.4 is 32.0 Å². The zero-order chi connectivity index (χ0) is 32.0. The molecule has 5 rings (SSSR count). The van der Waals surface area contributed by atoms with Crippen LogP contribution in [0.25, 0.3) is 17.3 Å². The molecule has 10 nitrogen and oxygen atoms in total. The molecule has 0 bridgehead atoms. The van der Waals surface area contributed by atoms with Crippen molar-refractivity contribution in [2.45, 2.75) is 37.2 Å². The van der Waals surface area contributed by atoms with Crippen molar-refractivity contribution in [2.24, 2.45) is 17.4 Å². The Bertz CT molecular complexity index is 1660. The largest absolute Gasteiger partial charge is 0.491 e. The highest BCUT2D eigenvalue weighted by atomic mass is 19.3. The zero-order valence-electron chi connectivity index (χ0n) is 24.1. The number of methoxy groups -OCH3 is 1. The van der Waals surface area contributed by atoms with Gasteiger partial charge in [-0.1, -0.05) is 0 Å². The number of allylic oxidation sites excluding steroid dienone is 1. The Labute approximate surface area is 251 Å². The van der Waals surface area contributed by atoms with Gasteiger partial charge in [0, 0.05) is 22.3 Å². The minimum absolute atomic E-state index is 0.0491. The first kappa shape index (κ1) is 30.8. The second kappa shape index (κ2) is 11.5.